The van der Waals surface area contributed by atoms with E-state index in [4.69, 9.17) is 0 Å². The van der Waals surface area contributed by atoms with Crippen molar-refractivity contribution in [2.75, 3.05) is 27.2 Å². The quantitative estimate of drug-likeness (QED) is 0.637. The van der Waals surface area contributed by atoms with Crippen molar-refractivity contribution in [3.63, 3.8) is 0 Å². The number of benzene rings is 1. The second-order valence-electron chi connectivity index (χ2n) is 7.25. The lowest BCUT2D eigenvalue weighted by Gasteiger charge is -2.13. The monoisotopic (exact) mass is 414 g/mol. The number of likely N-dealkylation sites (N-methyl/N-ethyl adjacent to an activating group) is 2. The van der Waals surface area contributed by atoms with Gasteiger partial charge in [0.2, 0.25) is 5.91 Å². The summed E-state index contributed by atoms with van der Waals surface area (Å²) in [5.74, 6) is -0.208. The minimum absolute atomic E-state index is 0.00847. The summed E-state index contributed by atoms with van der Waals surface area (Å²) in [6, 6.07) is 10.3. The van der Waals surface area contributed by atoms with Gasteiger partial charge in [-0.05, 0) is 27.9 Å². The summed E-state index contributed by atoms with van der Waals surface area (Å²) >= 11 is 0. The van der Waals surface area contributed by atoms with Gasteiger partial charge in [-0.15, -0.1) is 0 Å². The fourth-order valence-electron chi connectivity index (χ4n) is 2.87. The molecule has 2 aromatic heterocycles. The molecule has 0 spiro atoms. The Hall–Kier alpha value is -3.20. The van der Waals surface area contributed by atoms with Crippen LogP contribution in [0.3, 0.4) is 0 Å². The first-order chi connectivity index (χ1) is 14.3. The fraction of sp³-hybridized carbons (Fsp3) is 0.429. The molecular weight excluding hydrogens is 384 g/mol. The molecule has 1 aromatic carbocycles. The van der Waals surface area contributed by atoms with E-state index in [0.29, 0.717) is 25.3 Å². The number of hydrogen-bond acceptors (Lipinski definition) is 5. The molecule has 9 nitrogen and oxygen atoms in total. The van der Waals surface area contributed by atoms with Crippen LogP contribution in [0.5, 0.6) is 0 Å². The smallest absolute Gasteiger partial charge is 0.332 e. The Morgan fingerprint density at radius 1 is 1.17 bits per heavy atom. The van der Waals surface area contributed by atoms with Crippen LogP contribution in [0.15, 0.2) is 46.2 Å². The number of aryl methyl sites for hydroxylation is 1. The second-order valence-corrected chi connectivity index (χ2v) is 7.25. The molecule has 0 fully saturated rings. The molecule has 30 heavy (non-hydrogen) atoms. The Morgan fingerprint density at radius 3 is 2.37 bits per heavy atom. The SMILES string of the molecule is CCNC(=O)Cn1cnc2c1c(=O)n(C)c(=O)n2CCN(C)C.Cc1ccccc1. The number of aromatic nitrogens is 4. The molecule has 0 aliphatic rings. The van der Waals surface area contributed by atoms with Crippen molar-refractivity contribution in [3.8, 4) is 0 Å². The third kappa shape index (κ3) is 5.66. The van der Waals surface area contributed by atoms with E-state index in [1.54, 1.807) is 0 Å². The average Bonchev–Trinajstić information content (AvgIpc) is 3.10. The molecule has 0 aliphatic carbocycles. The van der Waals surface area contributed by atoms with E-state index in [-0.39, 0.29) is 18.0 Å². The van der Waals surface area contributed by atoms with Crippen molar-refractivity contribution in [3.05, 3.63) is 63.1 Å². The third-order valence-electron chi connectivity index (χ3n) is 4.50. The van der Waals surface area contributed by atoms with E-state index >= 15 is 0 Å². The highest BCUT2D eigenvalue weighted by Crippen LogP contribution is 2.06. The van der Waals surface area contributed by atoms with Crippen molar-refractivity contribution in [1.29, 1.82) is 0 Å². The zero-order valence-electron chi connectivity index (χ0n) is 18.3. The lowest BCUT2D eigenvalue weighted by molar-refractivity contribution is -0.121. The highest BCUT2D eigenvalue weighted by atomic mass is 16.2. The summed E-state index contributed by atoms with van der Waals surface area (Å²) in [5, 5.41) is 2.68. The summed E-state index contributed by atoms with van der Waals surface area (Å²) < 4.78 is 3.99. The number of amides is 1. The van der Waals surface area contributed by atoms with Crippen molar-refractivity contribution in [1.82, 2.24) is 28.9 Å². The molecule has 162 valence electrons. The zero-order chi connectivity index (χ0) is 22.3. The van der Waals surface area contributed by atoms with Gasteiger partial charge in [-0.1, -0.05) is 35.9 Å². The van der Waals surface area contributed by atoms with Crippen LogP contribution in [-0.2, 0) is 24.9 Å². The number of fused-ring (bicyclic) bond motifs is 1. The molecule has 0 saturated heterocycles. The minimum atomic E-state index is -0.451. The van der Waals surface area contributed by atoms with Gasteiger partial charge < -0.3 is 14.8 Å². The first-order valence-corrected chi connectivity index (χ1v) is 9.84. The normalized spacial score (nSPS) is 10.7. The van der Waals surface area contributed by atoms with Gasteiger partial charge in [0, 0.05) is 26.7 Å². The van der Waals surface area contributed by atoms with Gasteiger partial charge in [0.05, 0.1) is 6.33 Å². The van der Waals surface area contributed by atoms with E-state index in [9.17, 15) is 14.4 Å². The van der Waals surface area contributed by atoms with Crippen LogP contribution in [0.1, 0.15) is 12.5 Å². The molecule has 0 saturated carbocycles. The van der Waals surface area contributed by atoms with Gasteiger partial charge in [0.15, 0.2) is 11.2 Å². The number of rotatable bonds is 6. The van der Waals surface area contributed by atoms with Crippen LogP contribution in [0, 0.1) is 6.92 Å². The van der Waals surface area contributed by atoms with Crippen molar-refractivity contribution in [2.24, 2.45) is 7.05 Å². The fourth-order valence-corrected chi connectivity index (χ4v) is 2.87. The second kappa shape index (κ2) is 10.5. The van der Waals surface area contributed by atoms with Crippen molar-refractivity contribution in [2.45, 2.75) is 26.9 Å². The largest absolute Gasteiger partial charge is 0.355 e. The Bertz CT molecular complexity index is 1100. The van der Waals surface area contributed by atoms with E-state index < -0.39 is 11.2 Å². The Balaban J connectivity index is 0.000000386. The number of carbonyl (C=O) groups excluding carboxylic acids is 1. The molecule has 0 bridgehead atoms. The van der Waals surface area contributed by atoms with Crippen LogP contribution in [0.2, 0.25) is 0 Å². The van der Waals surface area contributed by atoms with Gasteiger partial charge >= 0.3 is 5.69 Å². The van der Waals surface area contributed by atoms with E-state index in [2.05, 4.69) is 29.4 Å². The van der Waals surface area contributed by atoms with Gasteiger partial charge in [0.25, 0.3) is 5.56 Å². The molecule has 3 aromatic rings. The van der Waals surface area contributed by atoms with Crippen LogP contribution in [0.25, 0.3) is 11.2 Å². The number of nitrogens with one attached hydrogen (secondary N) is 1. The molecule has 0 unspecified atom stereocenters. The average molecular weight is 415 g/mol. The molecular formula is C21H30N6O3. The highest BCUT2D eigenvalue weighted by Gasteiger charge is 2.17. The maximum Gasteiger partial charge on any atom is 0.332 e. The Labute approximate surface area is 175 Å². The van der Waals surface area contributed by atoms with Crippen molar-refractivity contribution >= 4 is 17.1 Å². The van der Waals surface area contributed by atoms with Gasteiger partial charge in [0.1, 0.15) is 6.54 Å². The highest BCUT2D eigenvalue weighted by molar-refractivity contribution is 5.78. The number of carbonyl (C=O) groups is 1. The third-order valence-corrected chi connectivity index (χ3v) is 4.50. The van der Waals surface area contributed by atoms with Crippen LogP contribution < -0.4 is 16.6 Å². The molecule has 0 aliphatic heterocycles. The summed E-state index contributed by atoms with van der Waals surface area (Å²) in [6.07, 6.45) is 1.42. The molecule has 1 N–H and O–H groups in total. The Kier molecular flexibility index (Phi) is 8.11. The molecule has 2 heterocycles. The van der Waals surface area contributed by atoms with Crippen LogP contribution in [-0.4, -0.2) is 56.7 Å². The maximum atomic E-state index is 12.4. The maximum absolute atomic E-state index is 12.4. The predicted molar refractivity (Wildman–Crippen MR) is 118 cm³/mol. The molecule has 1 amide bonds. The number of nitrogens with zero attached hydrogens (tertiary/aromatic N) is 5. The first kappa shape index (κ1) is 23.1. The summed E-state index contributed by atoms with van der Waals surface area (Å²) in [7, 11) is 5.23. The molecule has 3 rings (SSSR count). The topological polar surface area (TPSA) is 94.2 Å². The van der Waals surface area contributed by atoms with Crippen molar-refractivity contribution < 1.29 is 4.79 Å². The molecule has 0 atom stereocenters. The lowest BCUT2D eigenvalue weighted by atomic mass is 10.2. The predicted octanol–water partition coefficient (Wildman–Crippen LogP) is 0.589. The summed E-state index contributed by atoms with van der Waals surface area (Å²) in [5.41, 5.74) is 1.03. The molecule has 0 radical (unpaired) electrons. The van der Waals surface area contributed by atoms with E-state index in [1.165, 1.54) is 28.1 Å². The van der Waals surface area contributed by atoms with E-state index in [1.807, 2.05) is 44.1 Å². The standard InChI is InChI=1S/C14H22N6O3.C7H8/c1-5-15-10(21)8-19-9-16-12-11(19)13(22)18(4)14(23)20(12)7-6-17(2)3;1-7-5-3-2-4-6-7/h9H,5-8H2,1-4H3,(H,15,21);2-6H,1H3. The first-order valence-electron chi connectivity index (χ1n) is 9.84. The summed E-state index contributed by atoms with van der Waals surface area (Å²) in [6.45, 7) is 5.45. The van der Waals surface area contributed by atoms with Gasteiger partial charge in [-0.25, -0.2) is 9.78 Å². The van der Waals surface area contributed by atoms with Gasteiger partial charge in [-0.3, -0.25) is 18.7 Å². The zero-order valence-corrected chi connectivity index (χ0v) is 18.3. The van der Waals surface area contributed by atoms with Crippen LogP contribution >= 0.6 is 0 Å². The Morgan fingerprint density at radius 2 is 1.83 bits per heavy atom. The number of imidazole rings is 1. The van der Waals surface area contributed by atoms with E-state index in [0.717, 1.165) is 4.57 Å². The lowest BCUT2D eigenvalue weighted by Crippen LogP contribution is -2.40. The van der Waals surface area contributed by atoms with Crippen LogP contribution in [0.4, 0.5) is 0 Å². The minimum Gasteiger partial charge on any atom is -0.355 e. The van der Waals surface area contributed by atoms with Gasteiger partial charge in [-0.2, -0.15) is 0 Å². The number of hydrogen-bond donors (Lipinski definition) is 1. The summed E-state index contributed by atoms with van der Waals surface area (Å²) in [4.78, 5) is 42.6. The molecule has 9 heteroatoms.